The van der Waals surface area contributed by atoms with Gasteiger partial charge in [0.05, 0.1) is 7.05 Å². The number of carbonyl (C=O) groups is 1. The van der Waals surface area contributed by atoms with Crippen LogP contribution in [0.4, 0.5) is 0 Å². The molecule has 0 aliphatic carbocycles. The Morgan fingerprint density at radius 3 is 2.64 bits per heavy atom. The van der Waals surface area contributed by atoms with Crippen LogP contribution < -0.4 is 9.88 Å². The van der Waals surface area contributed by atoms with Crippen LogP contribution in [-0.2, 0) is 44.6 Å². The molecule has 1 aromatic rings. The zero-order valence-electron chi connectivity index (χ0n) is 8.90. The summed E-state index contributed by atoms with van der Waals surface area (Å²) in [6.45, 7) is 2.00. The number of nitrogens with zero attached hydrogens (tertiary/aromatic N) is 2. The van der Waals surface area contributed by atoms with Crippen LogP contribution in [0.2, 0.25) is 0 Å². The fourth-order valence-electron chi connectivity index (χ4n) is 1.35. The SMILES string of the molecule is CCC(C(=O)NC)n1cc[n+](C)c1.[Y]. The second kappa shape index (κ2) is 6.30. The van der Waals surface area contributed by atoms with Crippen LogP contribution in [0.3, 0.4) is 0 Å². The molecule has 0 saturated heterocycles. The Kier molecular flexibility index (Phi) is 6.20. The molecule has 0 aromatic carbocycles. The van der Waals surface area contributed by atoms with E-state index in [1.807, 2.05) is 41.8 Å². The molecule has 0 bridgehead atoms. The molecule has 14 heavy (non-hydrogen) atoms. The normalized spacial score (nSPS) is 11.6. The Bertz CT molecular complexity index is 298. The average Bonchev–Trinajstić information content (AvgIpc) is 2.53. The maximum Gasteiger partial charge on any atom is 0.265 e. The van der Waals surface area contributed by atoms with Gasteiger partial charge >= 0.3 is 0 Å². The van der Waals surface area contributed by atoms with Gasteiger partial charge in [0.1, 0.15) is 12.4 Å². The molecule has 1 N–H and O–H groups in total. The number of nitrogens with one attached hydrogen (secondary N) is 1. The van der Waals surface area contributed by atoms with Crippen molar-refractivity contribution in [2.45, 2.75) is 19.4 Å². The van der Waals surface area contributed by atoms with E-state index in [1.54, 1.807) is 7.05 Å². The second-order valence-corrected chi connectivity index (χ2v) is 3.06. The Hall–Kier alpha value is -0.216. The summed E-state index contributed by atoms with van der Waals surface area (Å²) < 4.78 is 3.84. The van der Waals surface area contributed by atoms with E-state index in [-0.39, 0.29) is 44.7 Å². The molecule has 1 amide bonds. The largest absolute Gasteiger partial charge is 0.355 e. The summed E-state index contributed by atoms with van der Waals surface area (Å²) in [5, 5.41) is 2.65. The zero-order chi connectivity index (χ0) is 9.84. The summed E-state index contributed by atoms with van der Waals surface area (Å²) in [6.07, 6.45) is 6.53. The van der Waals surface area contributed by atoms with Crippen molar-refractivity contribution < 1.29 is 42.1 Å². The van der Waals surface area contributed by atoms with Gasteiger partial charge in [0.2, 0.25) is 6.33 Å². The molecule has 1 rings (SSSR count). The van der Waals surface area contributed by atoms with Crippen LogP contribution in [-0.4, -0.2) is 17.5 Å². The van der Waals surface area contributed by atoms with E-state index in [1.165, 1.54) is 0 Å². The number of amides is 1. The number of imidazole rings is 1. The zero-order valence-corrected chi connectivity index (χ0v) is 11.7. The number of aromatic nitrogens is 2. The van der Waals surface area contributed by atoms with E-state index in [2.05, 4.69) is 5.32 Å². The van der Waals surface area contributed by atoms with E-state index >= 15 is 0 Å². The van der Waals surface area contributed by atoms with Crippen molar-refractivity contribution >= 4 is 5.91 Å². The van der Waals surface area contributed by atoms with Crippen LogP contribution >= 0.6 is 0 Å². The van der Waals surface area contributed by atoms with Gasteiger partial charge in [-0.2, -0.15) is 0 Å². The first-order valence-electron chi connectivity index (χ1n) is 4.43. The monoisotopic (exact) mass is 271 g/mol. The molecule has 1 heterocycles. The molecule has 5 heteroatoms. The third-order valence-corrected chi connectivity index (χ3v) is 2.09. The Balaban J connectivity index is 0.00000169. The molecule has 1 aromatic heterocycles. The summed E-state index contributed by atoms with van der Waals surface area (Å²) >= 11 is 0. The predicted octanol–water partition coefficient (Wildman–Crippen LogP) is 0.00720. The van der Waals surface area contributed by atoms with E-state index in [4.69, 9.17) is 0 Å². The maximum absolute atomic E-state index is 11.4. The molecule has 1 radical (unpaired) electrons. The molecule has 75 valence electrons. The summed E-state index contributed by atoms with van der Waals surface area (Å²) in [4.78, 5) is 11.4. The van der Waals surface area contributed by atoms with Crippen molar-refractivity contribution in [3.63, 3.8) is 0 Å². The molecular formula is C9H16N3OY+. The molecule has 1 atom stereocenters. The van der Waals surface area contributed by atoms with Gasteiger partial charge in [0.15, 0.2) is 6.04 Å². The van der Waals surface area contributed by atoms with Crippen LogP contribution in [0.1, 0.15) is 19.4 Å². The van der Waals surface area contributed by atoms with Gasteiger partial charge in [0.25, 0.3) is 5.91 Å². The van der Waals surface area contributed by atoms with Gasteiger partial charge in [-0.05, 0) is 6.42 Å². The number of rotatable bonds is 3. The van der Waals surface area contributed by atoms with Crippen molar-refractivity contribution in [2.24, 2.45) is 7.05 Å². The van der Waals surface area contributed by atoms with E-state index in [0.29, 0.717) is 0 Å². The van der Waals surface area contributed by atoms with Gasteiger partial charge in [-0.25, -0.2) is 9.13 Å². The summed E-state index contributed by atoms with van der Waals surface area (Å²) in [5.74, 6) is 0.0544. The number of carbonyl (C=O) groups excluding carboxylic acids is 1. The van der Waals surface area contributed by atoms with Crippen molar-refractivity contribution in [3.8, 4) is 0 Å². The van der Waals surface area contributed by atoms with Crippen molar-refractivity contribution in [3.05, 3.63) is 18.7 Å². The minimum absolute atomic E-state index is 0. The van der Waals surface area contributed by atoms with Crippen molar-refractivity contribution in [1.29, 1.82) is 0 Å². The first kappa shape index (κ1) is 13.8. The van der Waals surface area contributed by atoms with Crippen molar-refractivity contribution in [1.82, 2.24) is 9.88 Å². The summed E-state index contributed by atoms with van der Waals surface area (Å²) in [6, 6.07) is -0.0915. The first-order valence-corrected chi connectivity index (χ1v) is 4.43. The van der Waals surface area contributed by atoms with Gasteiger partial charge in [-0.3, -0.25) is 4.79 Å². The number of likely N-dealkylation sites (N-methyl/N-ethyl adjacent to an activating group) is 1. The fraction of sp³-hybridized carbons (Fsp3) is 0.556. The van der Waals surface area contributed by atoms with E-state index in [0.717, 1.165) is 6.42 Å². The minimum atomic E-state index is -0.0915. The van der Waals surface area contributed by atoms with Gasteiger partial charge < -0.3 is 5.32 Å². The van der Waals surface area contributed by atoms with Gasteiger partial charge in [0, 0.05) is 39.8 Å². The Morgan fingerprint density at radius 1 is 1.64 bits per heavy atom. The summed E-state index contributed by atoms with van der Waals surface area (Å²) in [5.41, 5.74) is 0. The topological polar surface area (TPSA) is 37.9 Å². The number of hydrogen-bond acceptors (Lipinski definition) is 1. The van der Waals surface area contributed by atoms with Crippen LogP contribution in [0, 0.1) is 0 Å². The van der Waals surface area contributed by atoms with Crippen LogP contribution in [0.15, 0.2) is 18.7 Å². The molecule has 4 nitrogen and oxygen atoms in total. The van der Waals surface area contributed by atoms with Gasteiger partial charge in [-0.15, -0.1) is 0 Å². The third-order valence-electron chi connectivity index (χ3n) is 2.09. The molecular weight excluding hydrogens is 255 g/mol. The molecule has 0 aliphatic heterocycles. The van der Waals surface area contributed by atoms with Crippen molar-refractivity contribution in [2.75, 3.05) is 7.05 Å². The Morgan fingerprint density at radius 2 is 2.29 bits per heavy atom. The third kappa shape index (κ3) is 3.17. The Labute approximate surface area is 110 Å². The maximum atomic E-state index is 11.4. The molecule has 0 spiro atoms. The summed E-state index contributed by atoms with van der Waals surface area (Å²) in [7, 11) is 3.60. The predicted molar refractivity (Wildman–Crippen MR) is 49.0 cm³/mol. The van der Waals surface area contributed by atoms with Crippen LogP contribution in [0.5, 0.6) is 0 Å². The fourth-order valence-corrected chi connectivity index (χ4v) is 1.35. The standard InChI is InChI=1S/C9H15N3O.Y/c1-4-8(9(13)10-2)12-6-5-11(3)7-12;/h5-8H,4H2,1-3H3;/p+1. The molecule has 0 aliphatic rings. The molecule has 0 saturated carbocycles. The minimum Gasteiger partial charge on any atom is -0.355 e. The quantitative estimate of drug-likeness (QED) is 0.773. The first-order chi connectivity index (χ1) is 6.19. The van der Waals surface area contributed by atoms with Gasteiger partial charge in [-0.1, -0.05) is 6.92 Å². The van der Waals surface area contributed by atoms with E-state index < -0.39 is 0 Å². The van der Waals surface area contributed by atoms with E-state index in [9.17, 15) is 4.79 Å². The second-order valence-electron chi connectivity index (χ2n) is 3.06. The molecule has 1 unspecified atom stereocenters. The smallest absolute Gasteiger partial charge is 0.265 e. The number of hydrogen-bond donors (Lipinski definition) is 1. The number of aryl methyl sites for hydroxylation is 1. The van der Waals surface area contributed by atoms with Crippen LogP contribution in [0.25, 0.3) is 0 Å². The molecule has 0 fully saturated rings. The average molecular weight is 271 g/mol.